The van der Waals surface area contributed by atoms with E-state index in [0.717, 1.165) is 29.8 Å². The first-order chi connectivity index (χ1) is 8.33. The number of ether oxygens (including phenoxy) is 1. The summed E-state index contributed by atoms with van der Waals surface area (Å²) < 4.78 is 11.3. The number of hydrogen-bond donors (Lipinski definition) is 0. The van der Waals surface area contributed by atoms with Gasteiger partial charge in [-0.15, -0.1) is 0 Å². The fourth-order valence-corrected chi connectivity index (χ4v) is 2.39. The molecule has 3 heteroatoms. The van der Waals surface area contributed by atoms with Gasteiger partial charge in [-0.2, -0.15) is 0 Å². The van der Waals surface area contributed by atoms with Gasteiger partial charge in [0.25, 0.3) is 0 Å². The predicted molar refractivity (Wildman–Crippen MR) is 67.1 cm³/mol. The van der Waals surface area contributed by atoms with Crippen LogP contribution in [0.15, 0.2) is 34.9 Å². The van der Waals surface area contributed by atoms with Crippen LogP contribution in [0.5, 0.6) is 5.75 Å². The van der Waals surface area contributed by atoms with Crippen LogP contribution in [-0.4, -0.2) is 24.2 Å². The van der Waals surface area contributed by atoms with E-state index < -0.39 is 0 Å². The number of likely N-dealkylation sites (tertiary alicyclic amines) is 1. The highest BCUT2D eigenvalue weighted by Crippen LogP contribution is 2.23. The van der Waals surface area contributed by atoms with Gasteiger partial charge < -0.3 is 9.15 Å². The van der Waals surface area contributed by atoms with Crippen molar-refractivity contribution in [2.24, 2.45) is 0 Å². The molecule has 3 rings (SSSR count). The highest BCUT2D eigenvalue weighted by atomic mass is 16.5. The molecule has 1 aliphatic heterocycles. The van der Waals surface area contributed by atoms with Crippen LogP contribution in [-0.2, 0) is 0 Å². The maximum Gasteiger partial charge on any atom is 0.149 e. The van der Waals surface area contributed by atoms with Crippen LogP contribution in [0.4, 0.5) is 0 Å². The lowest BCUT2D eigenvalue weighted by molar-refractivity contribution is 0.0593. The monoisotopic (exact) mass is 231 g/mol. The van der Waals surface area contributed by atoms with Crippen LogP contribution >= 0.6 is 0 Å². The van der Waals surface area contributed by atoms with Gasteiger partial charge >= 0.3 is 0 Å². The summed E-state index contributed by atoms with van der Waals surface area (Å²) in [4.78, 5) is 2.37. The SMILES string of the molecule is CC(Oc1ccc2occc2c1)N1CCCC1. The lowest BCUT2D eigenvalue weighted by Gasteiger charge is -2.24. The van der Waals surface area contributed by atoms with Crippen molar-refractivity contribution in [2.75, 3.05) is 13.1 Å². The average molecular weight is 231 g/mol. The summed E-state index contributed by atoms with van der Waals surface area (Å²) in [5.74, 6) is 0.915. The molecule has 1 fully saturated rings. The normalized spacial score (nSPS) is 18.6. The van der Waals surface area contributed by atoms with Gasteiger partial charge in [0.1, 0.15) is 17.6 Å². The smallest absolute Gasteiger partial charge is 0.149 e. The van der Waals surface area contributed by atoms with E-state index in [4.69, 9.17) is 9.15 Å². The van der Waals surface area contributed by atoms with Gasteiger partial charge in [0.15, 0.2) is 0 Å². The first-order valence-electron chi connectivity index (χ1n) is 6.21. The zero-order chi connectivity index (χ0) is 11.7. The minimum atomic E-state index is 0.154. The van der Waals surface area contributed by atoms with Crippen LogP contribution in [0, 0.1) is 0 Å². The molecule has 1 aliphatic rings. The Morgan fingerprint density at radius 1 is 1.24 bits per heavy atom. The highest BCUT2D eigenvalue weighted by molar-refractivity contribution is 5.78. The Balaban J connectivity index is 1.74. The molecule has 1 unspecified atom stereocenters. The molecule has 1 saturated heterocycles. The first-order valence-corrected chi connectivity index (χ1v) is 6.21. The molecule has 1 atom stereocenters. The van der Waals surface area contributed by atoms with Crippen molar-refractivity contribution in [3.8, 4) is 5.75 Å². The third kappa shape index (κ3) is 2.15. The Kier molecular flexibility index (Phi) is 2.77. The van der Waals surface area contributed by atoms with Crippen molar-refractivity contribution in [2.45, 2.75) is 26.0 Å². The molecule has 1 aromatic heterocycles. The van der Waals surface area contributed by atoms with E-state index in [1.807, 2.05) is 24.3 Å². The number of fused-ring (bicyclic) bond motifs is 1. The summed E-state index contributed by atoms with van der Waals surface area (Å²) in [7, 11) is 0. The number of benzene rings is 1. The third-order valence-corrected chi connectivity index (χ3v) is 3.39. The maximum atomic E-state index is 5.96. The molecular weight excluding hydrogens is 214 g/mol. The summed E-state index contributed by atoms with van der Waals surface area (Å²) in [5, 5.41) is 1.09. The molecule has 0 aliphatic carbocycles. The van der Waals surface area contributed by atoms with E-state index in [9.17, 15) is 0 Å². The summed E-state index contributed by atoms with van der Waals surface area (Å²) in [6.45, 7) is 4.41. The molecule has 17 heavy (non-hydrogen) atoms. The lowest BCUT2D eigenvalue weighted by Crippen LogP contribution is -2.34. The average Bonchev–Trinajstić information content (AvgIpc) is 2.99. The third-order valence-electron chi connectivity index (χ3n) is 3.39. The zero-order valence-electron chi connectivity index (χ0n) is 10.1. The van der Waals surface area contributed by atoms with Crippen molar-refractivity contribution in [3.05, 3.63) is 30.5 Å². The van der Waals surface area contributed by atoms with E-state index in [-0.39, 0.29) is 6.23 Å². The van der Waals surface area contributed by atoms with E-state index in [1.54, 1.807) is 6.26 Å². The molecule has 0 N–H and O–H groups in total. The molecule has 0 amide bonds. The van der Waals surface area contributed by atoms with Gasteiger partial charge in [0, 0.05) is 18.5 Å². The lowest BCUT2D eigenvalue weighted by atomic mass is 10.2. The van der Waals surface area contributed by atoms with Crippen molar-refractivity contribution < 1.29 is 9.15 Å². The summed E-state index contributed by atoms with van der Waals surface area (Å²) in [5.41, 5.74) is 0.908. The van der Waals surface area contributed by atoms with Crippen molar-refractivity contribution in [3.63, 3.8) is 0 Å². The molecule has 90 valence electrons. The fourth-order valence-electron chi connectivity index (χ4n) is 2.39. The van der Waals surface area contributed by atoms with E-state index in [1.165, 1.54) is 12.8 Å². The minimum absolute atomic E-state index is 0.154. The summed E-state index contributed by atoms with van der Waals surface area (Å²) >= 11 is 0. The zero-order valence-corrected chi connectivity index (χ0v) is 10.1. The fraction of sp³-hybridized carbons (Fsp3) is 0.429. The Hall–Kier alpha value is -1.48. The Morgan fingerprint density at radius 2 is 2.06 bits per heavy atom. The van der Waals surface area contributed by atoms with Gasteiger partial charge in [-0.05, 0) is 44.0 Å². The largest absolute Gasteiger partial charge is 0.475 e. The van der Waals surface area contributed by atoms with Gasteiger partial charge in [0.2, 0.25) is 0 Å². The molecule has 1 aromatic carbocycles. The Morgan fingerprint density at radius 3 is 2.88 bits per heavy atom. The molecule has 2 aromatic rings. The Bertz CT molecular complexity index is 500. The summed E-state index contributed by atoms with van der Waals surface area (Å²) in [6, 6.07) is 7.92. The standard InChI is InChI=1S/C14H17NO2/c1-11(15-7-2-3-8-15)17-13-4-5-14-12(10-13)6-9-16-14/h4-6,9-11H,2-3,7-8H2,1H3. The van der Waals surface area contributed by atoms with Crippen LogP contribution in [0.2, 0.25) is 0 Å². The quantitative estimate of drug-likeness (QED) is 0.810. The van der Waals surface area contributed by atoms with Crippen LogP contribution in [0.25, 0.3) is 11.0 Å². The summed E-state index contributed by atoms with van der Waals surface area (Å²) in [6.07, 6.45) is 4.43. The van der Waals surface area contributed by atoms with E-state index in [0.29, 0.717) is 0 Å². The predicted octanol–water partition coefficient (Wildman–Crippen LogP) is 3.25. The van der Waals surface area contributed by atoms with Crippen LogP contribution < -0.4 is 4.74 Å². The van der Waals surface area contributed by atoms with Gasteiger partial charge in [0.05, 0.1) is 6.26 Å². The molecule has 0 bridgehead atoms. The molecular formula is C14H17NO2. The van der Waals surface area contributed by atoms with E-state index >= 15 is 0 Å². The topological polar surface area (TPSA) is 25.6 Å². The molecule has 0 radical (unpaired) electrons. The van der Waals surface area contributed by atoms with Crippen LogP contribution in [0.3, 0.4) is 0 Å². The number of rotatable bonds is 3. The van der Waals surface area contributed by atoms with E-state index in [2.05, 4.69) is 11.8 Å². The second kappa shape index (κ2) is 4.41. The molecule has 2 heterocycles. The molecule has 0 saturated carbocycles. The molecule has 0 spiro atoms. The highest BCUT2D eigenvalue weighted by Gasteiger charge is 2.19. The second-order valence-electron chi connectivity index (χ2n) is 4.58. The number of furan rings is 1. The first kappa shape index (κ1) is 10.7. The van der Waals surface area contributed by atoms with Gasteiger partial charge in [-0.3, -0.25) is 4.90 Å². The number of nitrogens with zero attached hydrogens (tertiary/aromatic N) is 1. The minimum Gasteiger partial charge on any atom is -0.475 e. The van der Waals surface area contributed by atoms with Crippen LogP contribution in [0.1, 0.15) is 19.8 Å². The number of hydrogen-bond acceptors (Lipinski definition) is 3. The van der Waals surface area contributed by atoms with Gasteiger partial charge in [-0.1, -0.05) is 0 Å². The Labute approximate surface area is 101 Å². The van der Waals surface area contributed by atoms with Gasteiger partial charge in [-0.25, -0.2) is 0 Å². The van der Waals surface area contributed by atoms with Crippen molar-refractivity contribution in [1.29, 1.82) is 0 Å². The second-order valence-corrected chi connectivity index (χ2v) is 4.58. The maximum absolute atomic E-state index is 5.96. The van der Waals surface area contributed by atoms with Crippen molar-refractivity contribution in [1.82, 2.24) is 4.90 Å². The molecule has 3 nitrogen and oxygen atoms in total. The van der Waals surface area contributed by atoms with Crippen molar-refractivity contribution >= 4 is 11.0 Å².